The molecule has 29 heavy (non-hydrogen) atoms. The van der Waals surface area contributed by atoms with Crippen LogP contribution in [0.5, 0.6) is 0 Å². The summed E-state index contributed by atoms with van der Waals surface area (Å²) >= 11 is 11.1. The molecule has 4 rings (SSSR count). The third-order valence-corrected chi connectivity index (χ3v) is 4.77. The van der Waals surface area contributed by atoms with Crippen LogP contribution in [-0.2, 0) is 14.3 Å². The summed E-state index contributed by atoms with van der Waals surface area (Å²) in [6, 6.07) is 18.9. The molecule has 1 aliphatic heterocycles. The topological polar surface area (TPSA) is 66.8 Å². The van der Waals surface area contributed by atoms with Crippen LogP contribution in [0.25, 0.3) is 0 Å². The molecule has 2 fully saturated rings. The number of aliphatic carboxylic acids is 1. The van der Waals surface area contributed by atoms with Crippen molar-refractivity contribution in [3.63, 3.8) is 0 Å². The third-order valence-electron chi connectivity index (χ3n) is 4.27. The second kappa shape index (κ2) is 12.5. The van der Waals surface area contributed by atoms with E-state index in [2.05, 4.69) is 0 Å². The van der Waals surface area contributed by atoms with Crippen molar-refractivity contribution in [2.45, 2.75) is 25.4 Å². The van der Waals surface area contributed by atoms with E-state index in [0.29, 0.717) is 19.1 Å². The van der Waals surface area contributed by atoms with Crippen molar-refractivity contribution < 1.29 is 19.4 Å². The normalized spacial score (nSPS) is 18.1. The Balaban J connectivity index is 0.000000178. The Morgan fingerprint density at radius 2 is 1.52 bits per heavy atom. The number of hydrogen-bond donors (Lipinski definition) is 1. The number of halogens is 2. The van der Waals surface area contributed by atoms with E-state index in [1.165, 1.54) is 12.8 Å². The lowest BCUT2D eigenvalue weighted by Crippen LogP contribution is -2.49. The van der Waals surface area contributed by atoms with Gasteiger partial charge in [-0.3, -0.25) is 9.59 Å². The molecule has 7 heteroatoms. The van der Waals surface area contributed by atoms with E-state index in [1.54, 1.807) is 4.90 Å². The Labute approximate surface area is 181 Å². The summed E-state index contributed by atoms with van der Waals surface area (Å²) in [6.07, 6.45) is 1.39. The van der Waals surface area contributed by atoms with E-state index in [1.807, 2.05) is 60.7 Å². The number of rotatable bonds is 4. The van der Waals surface area contributed by atoms with Gasteiger partial charge in [-0.25, -0.2) is 0 Å². The Morgan fingerprint density at radius 3 is 1.90 bits per heavy atom. The van der Waals surface area contributed by atoms with Crippen molar-refractivity contribution in [2.75, 3.05) is 19.7 Å². The molecular weight excluding hydrogens is 413 g/mol. The zero-order valence-corrected chi connectivity index (χ0v) is 17.6. The van der Waals surface area contributed by atoms with E-state index in [-0.39, 0.29) is 12.3 Å². The van der Waals surface area contributed by atoms with Crippen LogP contribution >= 0.6 is 23.2 Å². The average Bonchev–Trinajstić information content (AvgIpc) is 3.51. The lowest BCUT2D eigenvalue weighted by molar-refractivity contribution is -0.159. The van der Waals surface area contributed by atoms with Gasteiger partial charge in [0.05, 0.1) is 13.0 Å². The quantitative estimate of drug-likeness (QED) is 0.746. The van der Waals surface area contributed by atoms with E-state index < -0.39 is 12.1 Å². The first-order valence-electron chi connectivity index (χ1n) is 9.49. The zero-order chi connectivity index (χ0) is 21.1. The van der Waals surface area contributed by atoms with Crippen molar-refractivity contribution in [2.24, 2.45) is 5.92 Å². The number of carbonyl (C=O) groups is 2. The predicted octanol–water partition coefficient (Wildman–Crippen LogP) is 4.78. The predicted molar refractivity (Wildman–Crippen MR) is 114 cm³/mol. The van der Waals surface area contributed by atoms with Gasteiger partial charge < -0.3 is 14.7 Å². The maximum absolute atomic E-state index is 11.8. The second-order valence-electron chi connectivity index (χ2n) is 6.78. The van der Waals surface area contributed by atoms with Crippen molar-refractivity contribution in [1.29, 1.82) is 0 Å². The summed E-state index contributed by atoms with van der Waals surface area (Å²) < 4.78 is 5.16. The number of carboxylic acid groups (broad SMARTS) is 1. The van der Waals surface area contributed by atoms with Crippen molar-refractivity contribution in [3.8, 4) is 0 Å². The molecule has 0 spiro atoms. The monoisotopic (exact) mass is 437 g/mol. The first-order valence-corrected chi connectivity index (χ1v) is 10.2. The second-order valence-corrected chi connectivity index (χ2v) is 7.65. The van der Waals surface area contributed by atoms with Gasteiger partial charge in [-0.2, -0.15) is 0 Å². The summed E-state index contributed by atoms with van der Waals surface area (Å²) in [5.41, 5.74) is 0. The smallest absolute Gasteiger partial charge is 0.306 e. The Bertz CT molecular complexity index is 716. The summed E-state index contributed by atoms with van der Waals surface area (Å²) in [4.78, 5) is 24.0. The first kappa shape index (κ1) is 23.2. The molecule has 5 nitrogen and oxygen atoms in total. The van der Waals surface area contributed by atoms with Gasteiger partial charge in [0.25, 0.3) is 5.91 Å². The Morgan fingerprint density at radius 1 is 1.00 bits per heavy atom. The number of morpholine rings is 1. The van der Waals surface area contributed by atoms with Gasteiger partial charge in [-0.05, 0) is 43.0 Å². The minimum Gasteiger partial charge on any atom is -0.481 e. The van der Waals surface area contributed by atoms with E-state index >= 15 is 0 Å². The van der Waals surface area contributed by atoms with Crippen LogP contribution in [0.1, 0.15) is 19.3 Å². The lowest BCUT2D eigenvalue weighted by atomic mass is 10.2. The maximum atomic E-state index is 11.8. The fourth-order valence-electron chi connectivity index (χ4n) is 2.62. The molecule has 0 unspecified atom stereocenters. The summed E-state index contributed by atoms with van der Waals surface area (Å²) in [6.45, 7) is 1.83. The van der Waals surface area contributed by atoms with Gasteiger partial charge >= 0.3 is 5.97 Å². The lowest BCUT2D eigenvalue weighted by Gasteiger charge is -2.31. The highest BCUT2D eigenvalue weighted by Crippen LogP contribution is 2.30. The number of hydrogen-bond acceptors (Lipinski definition) is 3. The third kappa shape index (κ3) is 9.79. The molecular formula is C22H25Cl2NO4. The summed E-state index contributed by atoms with van der Waals surface area (Å²) in [5, 5.41) is 10.2. The summed E-state index contributed by atoms with van der Waals surface area (Å²) in [5.74, 6) is -0.505. The molecule has 1 saturated heterocycles. The highest BCUT2D eigenvalue weighted by Gasteiger charge is 2.34. The van der Waals surface area contributed by atoms with Crippen LogP contribution in [-0.4, -0.2) is 47.7 Å². The number of nitrogens with zero attached hydrogens (tertiary/aromatic N) is 1. The minimum absolute atomic E-state index is 0.157. The Hall–Kier alpha value is -2.08. The van der Waals surface area contributed by atoms with Crippen LogP contribution < -0.4 is 0 Å². The van der Waals surface area contributed by atoms with Gasteiger partial charge in [0, 0.05) is 23.1 Å². The number of benzene rings is 2. The SMILES string of the molecule is Clc1ccccc1.Clc1ccccc1.O=C(O)C[C@H]1OCCN(CC2CC2)C1=O. The molecule has 1 amide bonds. The highest BCUT2D eigenvalue weighted by molar-refractivity contribution is 6.30. The molecule has 1 atom stereocenters. The number of ether oxygens (including phenoxy) is 1. The van der Waals surface area contributed by atoms with E-state index in [4.69, 9.17) is 33.0 Å². The van der Waals surface area contributed by atoms with Crippen LogP contribution in [0.2, 0.25) is 10.0 Å². The van der Waals surface area contributed by atoms with Crippen molar-refractivity contribution in [1.82, 2.24) is 4.90 Å². The molecule has 156 valence electrons. The number of carboxylic acids is 1. The van der Waals surface area contributed by atoms with Gasteiger partial charge in [0.15, 0.2) is 0 Å². The molecule has 2 aliphatic rings. The standard InChI is InChI=1S/C10H15NO4.2C6H5Cl/c12-9(13)5-8-10(14)11(3-4-15-8)6-7-1-2-7;2*7-6-4-2-1-3-5-6/h7-8H,1-6H2,(H,12,13);2*1-5H/t8-;;/m1../s1. The molecule has 1 saturated carbocycles. The molecule has 1 N–H and O–H groups in total. The fourth-order valence-corrected chi connectivity index (χ4v) is 2.91. The minimum atomic E-state index is -0.985. The van der Waals surface area contributed by atoms with Gasteiger partial charge in [0.1, 0.15) is 6.10 Å². The molecule has 1 heterocycles. The van der Waals surface area contributed by atoms with E-state index in [9.17, 15) is 9.59 Å². The van der Waals surface area contributed by atoms with Gasteiger partial charge in [0.2, 0.25) is 0 Å². The zero-order valence-electron chi connectivity index (χ0n) is 16.0. The Kier molecular flexibility index (Phi) is 9.98. The molecule has 0 radical (unpaired) electrons. The first-order chi connectivity index (χ1) is 14.0. The van der Waals surface area contributed by atoms with Crippen molar-refractivity contribution in [3.05, 3.63) is 70.7 Å². The summed E-state index contributed by atoms with van der Waals surface area (Å²) in [7, 11) is 0. The molecule has 0 bridgehead atoms. The van der Waals surface area contributed by atoms with Crippen LogP contribution in [0.4, 0.5) is 0 Å². The van der Waals surface area contributed by atoms with Crippen LogP contribution in [0.3, 0.4) is 0 Å². The van der Waals surface area contributed by atoms with Crippen LogP contribution in [0, 0.1) is 5.92 Å². The van der Waals surface area contributed by atoms with Gasteiger partial charge in [-0.1, -0.05) is 59.6 Å². The fraction of sp³-hybridized carbons (Fsp3) is 0.364. The average molecular weight is 438 g/mol. The maximum Gasteiger partial charge on any atom is 0.306 e. The number of carbonyl (C=O) groups excluding carboxylic acids is 1. The van der Waals surface area contributed by atoms with Crippen molar-refractivity contribution >= 4 is 35.1 Å². The largest absolute Gasteiger partial charge is 0.481 e. The highest BCUT2D eigenvalue weighted by atomic mass is 35.5. The molecule has 1 aliphatic carbocycles. The van der Waals surface area contributed by atoms with Crippen LogP contribution in [0.15, 0.2) is 60.7 Å². The number of amides is 1. The molecule has 2 aromatic rings. The molecule has 0 aromatic heterocycles. The molecule has 2 aromatic carbocycles. The van der Waals surface area contributed by atoms with E-state index in [0.717, 1.165) is 16.6 Å². The van der Waals surface area contributed by atoms with Gasteiger partial charge in [-0.15, -0.1) is 0 Å².